The Morgan fingerprint density at radius 1 is 1.53 bits per heavy atom. The number of nitrogens with zero attached hydrogens (tertiary/aromatic N) is 1. The molecule has 3 heteroatoms. The van der Waals surface area contributed by atoms with E-state index in [2.05, 4.69) is 4.99 Å². The van der Waals surface area contributed by atoms with Crippen molar-refractivity contribution < 1.29 is 5.11 Å². The molecule has 1 unspecified atom stereocenters. The second-order valence-electron chi connectivity index (χ2n) is 4.05. The summed E-state index contributed by atoms with van der Waals surface area (Å²) in [5.74, 6) is 0.200. The fraction of sp³-hybridized carbons (Fsp3) is 0.417. The molecule has 1 N–H and O–H groups in total. The molecule has 0 aliphatic heterocycles. The normalized spacial score (nSPS) is 25.5. The first-order chi connectivity index (χ1) is 7.08. The number of aliphatic hydroxyl groups excluding tert-OH is 1. The van der Waals surface area contributed by atoms with E-state index in [1.54, 1.807) is 6.92 Å². The number of benzene rings is 1. The van der Waals surface area contributed by atoms with E-state index < -0.39 is 0 Å². The number of aliphatic imine (C=N–C) groups is 1. The maximum Gasteiger partial charge on any atom is 0.103 e. The van der Waals surface area contributed by atoms with Gasteiger partial charge in [0.2, 0.25) is 0 Å². The van der Waals surface area contributed by atoms with E-state index >= 15 is 0 Å². The first-order valence-electron chi connectivity index (χ1n) is 5.09. The lowest BCUT2D eigenvalue weighted by atomic mass is 10.0. The Bertz CT molecular complexity index is 410. The molecule has 0 saturated heterocycles. The van der Waals surface area contributed by atoms with Crippen LogP contribution in [0, 0.1) is 0 Å². The van der Waals surface area contributed by atoms with Crippen LogP contribution in [-0.4, -0.2) is 16.4 Å². The van der Waals surface area contributed by atoms with Gasteiger partial charge in [-0.3, -0.25) is 0 Å². The van der Waals surface area contributed by atoms with E-state index in [0.29, 0.717) is 5.17 Å². The fourth-order valence-electron chi connectivity index (χ4n) is 2.05. The number of halogens is 1. The van der Waals surface area contributed by atoms with Crippen LogP contribution >= 0.6 is 11.6 Å². The van der Waals surface area contributed by atoms with Gasteiger partial charge in [0, 0.05) is 5.92 Å². The summed E-state index contributed by atoms with van der Waals surface area (Å²) in [7, 11) is 0. The van der Waals surface area contributed by atoms with Crippen molar-refractivity contribution in [2.45, 2.75) is 32.3 Å². The molecule has 2 nitrogen and oxygen atoms in total. The van der Waals surface area contributed by atoms with Gasteiger partial charge in [-0.2, -0.15) is 0 Å². The Morgan fingerprint density at radius 3 is 2.93 bits per heavy atom. The number of aliphatic hydroxyl groups is 1. The van der Waals surface area contributed by atoms with Crippen LogP contribution < -0.4 is 0 Å². The summed E-state index contributed by atoms with van der Waals surface area (Å²) in [4.78, 5) is 4.20. The van der Waals surface area contributed by atoms with E-state index in [4.69, 9.17) is 11.6 Å². The molecular formula is C12H14ClNO. The molecule has 80 valence electrons. The SMILES string of the molecule is CC(Cl)=Nc1ccc2c(c1)[C@@H](C)C(O)C2. The minimum atomic E-state index is -0.253. The standard InChI is InChI=1S/C12H14ClNO/c1-7-11-6-10(14-8(2)13)4-3-9(11)5-12(7)15/h3-4,6-7,12,15H,5H2,1-2H3/t7-,12?/m1/s1. The van der Waals surface area contributed by atoms with Gasteiger partial charge in [0.1, 0.15) is 5.17 Å². The van der Waals surface area contributed by atoms with Gasteiger partial charge in [-0.1, -0.05) is 24.6 Å². The number of hydrogen-bond acceptors (Lipinski definition) is 2. The third-order valence-electron chi connectivity index (χ3n) is 2.91. The Balaban J connectivity index is 2.40. The van der Waals surface area contributed by atoms with E-state index in [1.807, 2.05) is 25.1 Å². The highest BCUT2D eigenvalue weighted by Crippen LogP contribution is 2.35. The van der Waals surface area contributed by atoms with Crippen molar-refractivity contribution in [3.63, 3.8) is 0 Å². The monoisotopic (exact) mass is 223 g/mol. The van der Waals surface area contributed by atoms with Crippen LogP contribution in [0.4, 0.5) is 5.69 Å². The largest absolute Gasteiger partial charge is 0.392 e. The van der Waals surface area contributed by atoms with E-state index in [1.165, 1.54) is 11.1 Å². The molecule has 0 saturated carbocycles. The van der Waals surface area contributed by atoms with Crippen molar-refractivity contribution in [2.24, 2.45) is 4.99 Å². The molecule has 2 rings (SSSR count). The molecular weight excluding hydrogens is 210 g/mol. The molecule has 1 aromatic carbocycles. The lowest BCUT2D eigenvalue weighted by Crippen LogP contribution is -2.09. The fourth-order valence-corrected chi connectivity index (χ4v) is 2.15. The molecule has 2 atom stereocenters. The molecule has 0 heterocycles. The van der Waals surface area contributed by atoms with E-state index in [9.17, 15) is 5.11 Å². The minimum absolute atomic E-state index is 0.200. The quantitative estimate of drug-likeness (QED) is 0.730. The Hall–Kier alpha value is -0.860. The van der Waals surface area contributed by atoms with Crippen molar-refractivity contribution in [2.75, 3.05) is 0 Å². The third kappa shape index (κ3) is 2.06. The first-order valence-corrected chi connectivity index (χ1v) is 5.47. The molecule has 1 aliphatic rings. The van der Waals surface area contributed by atoms with Gasteiger partial charge in [-0.25, -0.2) is 4.99 Å². The van der Waals surface area contributed by atoms with Crippen molar-refractivity contribution >= 4 is 22.5 Å². The summed E-state index contributed by atoms with van der Waals surface area (Å²) in [5.41, 5.74) is 3.28. The molecule has 1 aromatic rings. The maximum absolute atomic E-state index is 9.73. The average molecular weight is 224 g/mol. The van der Waals surface area contributed by atoms with E-state index in [-0.39, 0.29) is 12.0 Å². The predicted molar refractivity (Wildman–Crippen MR) is 63.2 cm³/mol. The highest BCUT2D eigenvalue weighted by molar-refractivity contribution is 6.65. The maximum atomic E-state index is 9.73. The lowest BCUT2D eigenvalue weighted by Gasteiger charge is -2.08. The summed E-state index contributed by atoms with van der Waals surface area (Å²) in [5, 5.41) is 10.3. The van der Waals surface area contributed by atoms with Crippen LogP contribution in [0.3, 0.4) is 0 Å². The minimum Gasteiger partial charge on any atom is -0.392 e. The molecule has 0 aromatic heterocycles. The molecule has 0 bridgehead atoms. The molecule has 15 heavy (non-hydrogen) atoms. The zero-order valence-electron chi connectivity index (χ0n) is 8.87. The van der Waals surface area contributed by atoms with Gasteiger partial charge in [-0.15, -0.1) is 0 Å². The summed E-state index contributed by atoms with van der Waals surface area (Å²) in [6.07, 6.45) is 0.497. The van der Waals surface area contributed by atoms with Gasteiger partial charge < -0.3 is 5.11 Å². The summed E-state index contributed by atoms with van der Waals surface area (Å²) >= 11 is 5.73. The summed E-state index contributed by atoms with van der Waals surface area (Å²) < 4.78 is 0. The molecule has 0 radical (unpaired) electrons. The van der Waals surface area contributed by atoms with Crippen LogP contribution in [-0.2, 0) is 6.42 Å². The Kier molecular flexibility index (Phi) is 2.81. The molecule has 0 spiro atoms. The molecule has 1 aliphatic carbocycles. The van der Waals surface area contributed by atoms with Crippen LogP contribution in [0.2, 0.25) is 0 Å². The van der Waals surface area contributed by atoms with Gasteiger partial charge >= 0.3 is 0 Å². The van der Waals surface area contributed by atoms with Gasteiger partial charge in [0.15, 0.2) is 0 Å². The van der Waals surface area contributed by atoms with Crippen LogP contribution in [0.25, 0.3) is 0 Å². The average Bonchev–Trinajstić information content (AvgIpc) is 2.43. The van der Waals surface area contributed by atoms with Gasteiger partial charge in [0.25, 0.3) is 0 Å². The van der Waals surface area contributed by atoms with Crippen LogP contribution in [0.5, 0.6) is 0 Å². The predicted octanol–water partition coefficient (Wildman–Crippen LogP) is 3.00. The van der Waals surface area contributed by atoms with Crippen LogP contribution in [0.15, 0.2) is 23.2 Å². The number of fused-ring (bicyclic) bond motifs is 1. The second kappa shape index (κ2) is 3.95. The highest BCUT2D eigenvalue weighted by Gasteiger charge is 2.27. The zero-order valence-corrected chi connectivity index (χ0v) is 9.62. The van der Waals surface area contributed by atoms with E-state index in [0.717, 1.165) is 12.1 Å². The summed E-state index contributed by atoms with van der Waals surface area (Å²) in [6, 6.07) is 5.98. The Labute approximate surface area is 94.6 Å². The molecule has 0 fully saturated rings. The first kappa shape index (κ1) is 10.7. The number of rotatable bonds is 1. The highest BCUT2D eigenvalue weighted by atomic mass is 35.5. The van der Waals surface area contributed by atoms with Gasteiger partial charge in [0.05, 0.1) is 11.8 Å². The second-order valence-corrected chi connectivity index (χ2v) is 4.60. The zero-order chi connectivity index (χ0) is 11.0. The van der Waals surface area contributed by atoms with Crippen molar-refractivity contribution in [3.05, 3.63) is 29.3 Å². The Morgan fingerprint density at radius 2 is 2.27 bits per heavy atom. The van der Waals surface area contributed by atoms with Crippen molar-refractivity contribution in [3.8, 4) is 0 Å². The van der Waals surface area contributed by atoms with Crippen molar-refractivity contribution in [1.82, 2.24) is 0 Å². The smallest absolute Gasteiger partial charge is 0.103 e. The summed E-state index contributed by atoms with van der Waals surface area (Å²) in [6.45, 7) is 3.80. The van der Waals surface area contributed by atoms with Gasteiger partial charge in [-0.05, 0) is 36.6 Å². The topological polar surface area (TPSA) is 32.6 Å². The molecule has 0 amide bonds. The number of hydrogen-bond donors (Lipinski definition) is 1. The van der Waals surface area contributed by atoms with Crippen LogP contribution in [0.1, 0.15) is 30.9 Å². The lowest BCUT2D eigenvalue weighted by molar-refractivity contribution is 0.163. The third-order valence-corrected chi connectivity index (χ3v) is 2.99. The van der Waals surface area contributed by atoms with Crippen molar-refractivity contribution in [1.29, 1.82) is 0 Å².